The van der Waals surface area contributed by atoms with Crippen LogP contribution in [0.1, 0.15) is 25.7 Å². The van der Waals surface area contributed by atoms with Gasteiger partial charge in [-0.1, -0.05) is 11.6 Å². The van der Waals surface area contributed by atoms with Crippen LogP contribution < -0.4 is 4.74 Å². The van der Waals surface area contributed by atoms with Gasteiger partial charge in [-0.05, 0) is 44.9 Å². The van der Waals surface area contributed by atoms with Gasteiger partial charge in [0.1, 0.15) is 5.75 Å². The van der Waals surface area contributed by atoms with Gasteiger partial charge in [0.25, 0.3) is 0 Å². The van der Waals surface area contributed by atoms with Crippen molar-refractivity contribution in [3.8, 4) is 5.75 Å². The van der Waals surface area contributed by atoms with Crippen molar-refractivity contribution >= 4 is 29.3 Å². The van der Waals surface area contributed by atoms with Gasteiger partial charge in [-0.2, -0.15) is 8.78 Å². The molecule has 0 amide bonds. The fourth-order valence-corrected chi connectivity index (χ4v) is 5.09. The van der Waals surface area contributed by atoms with E-state index >= 15 is 0 Å². The maximum absolute atomic E-state index is 13.1. The predicted octanol–water partition coefficient (Wildman–Crippen LogP) is 4.11. The molecule has 1 aromatic carbocycles. The standard InChI is InChI=1S/C16H18ClF2NO3S/c1-20-9-2-3-10(20)7-12(6-9)24-14-5-4-11(8-13(14)17)23-16(18,19)15(21)22/h4-5,8-10,12H,2-3,6-7H2,1H3,(H,21,22)/t9-,10+,12?. The SMILES string of the molecule is CN1[C@@H]2CC[C@H]1CC(Sc1ccc(OC(F)(F)C(=O)O)cc1Cl)C2. The highest BCUT2D eigenvalue weighted by Gasteiger charge is 2.42. The number of rotatable bonds is 5. The third kappa shape index (κ3) is 3.63. The van der Waals surface area contributed by atoms with Crippen LogP contribution >= 0.6 is 23.4 Å². The largest absolute Gasteiger partial charge is 0.501 e. The first kappa shape index (κ1) is 17.8. The van der Waals surface area contributed by atoms with Crippen molar-refractivity contribution in [2.24, 2.45) is 0 Å². The lowest BCUT2D eigenvalue weighted by Crippen LogP contribution is -2.40. The Morgan fingerprint density at radius 2 is 2.00 bits per heavy atom. The molecule has 132 valence electrons. The second-order valence-corrected chi connectivity index (χ2v) is 8.03. The summed E-state index contributed by atoms with van der Waals surface area (Å²) in [6, 6.07) is 5.40. The van der Waals surface area contributed by atoms with Crippen LogP contribution in [-0.2, 0) is 4.79 Å². The Morgan fingerprint density at radius 1 is 1.38 bits per heavy atom. The summed E-state index contributed by atoms with van der Waals surface area (Å²) in [7, 11) is 2.17. The number of aliphatic carboxylic acids is 1. The summed E-state index contributed by atoms with van der Waals surface area (Å²) < 4.78 is 30.4. The summed E-state index contributed by atoms with van der Waals surface area (Å²) in [5, 5.41) is 9.15. The third-order valence-corrected chi connectivity index (χ3v) is 6.50. The number of nitrogens with zero attached hydrogens (tertiary/aromatic N) is 1. The monoisotopic (exact) mass is 377 g/mol. The van der Waals surface area contributed by atoms with E-state index in [9.17, 15) is 13.6 Å². The summed E-state index contributed by atoms with van der Waals surface area (Å²) >= 11 is 7.83. The summed E-state index contributed by atoms with van der Waals surface area (Å²) in [6.07, 6.45) is 0.351. The average Bonchev–Trinajstić information content (AvgIpc) is 2.72. The summed E-state index contributed by atoms with van der Waals surface area (Å²) in [6.45, 7) is 0. The lowest BCUT2D eigenvalue weighted by molar-refractivity contribution is -0.210. The summed E-state index contributed by atoms with van der Waals surface area (Å²) in [5.41, 5.74) is 0. The molecule has 2 bridgehead atoms. The van der Waals surface area contributed by atoms with E-state index in [0.29, 0.717) is 22.4 Å². The molecule has 1 unspecified atom stereocenters. The van der Waals surface area contributed by atoms with Gasteiger partial charge < -0.3 is 14.7 Å². The first-order valence-electron chi connectivity index (χ1n) is 7.74. The van der Waals surface area contributed by atoms with E-state index in [0.717, 1.165) is 17.7 Å². The smallest absolute Gasteiger partial charge is 0.474 e. The number of hydrogen-bond donors (Lipinski definition) is 1. The fourth-order valence-electron chi connectivity index (χ4n) is 3.47. The Labute approximate surface area is 148 Å². The molecule has 2 aliphatic rings. The molecule has 24 heavy (non-hydrogen) atoms. The molecule has 0 spiro atoms. The lowest BCUT2D eigenvalue weighted by Gasteiger charge is -2.36. The highest BCUT2D eigenvalue weighted by Crippen LogP contribution is 2.43. The molecule has 8 heteroatoms. The maximum Gasteiger partial charge on any atom is 0.501 e. The minimum absolute atomic E-state index is 0.264. The molecule has 4 nitrogen and oxygen atoms in total. The Balaban J connectivity index is 1.66. The normalized spacial score (nSPS) is 27.2. The molecule has 0 radical (unpaired) electrons. The predicted molar refractivity (Wildman–Crippen MR) is 88.1 cm³/mol. The van der Waals surface area contributed by atoms with Crippen LogP contribution in [0.25, 0.3) is 0 Å². The van der Waals surface area contributed by atoms with E-state index < -0.39 is 12.1 Å². The van der Waals surface area contributed by atoms with Crippen molar-refractivity contribution in [2.45, 2.75) is 54.0 Å². The first-order chi connectivity index (χ1) is 11.3. The number of alkyl halides is 2. The topological polar surface area (TPSA) is 49.8 Å². The van der Waals surface area contributed by atoms with E-state index in [1.165, 1.54) is 25.0 Å². The van der Waals surface area contributed by atoms with Crippen molar-refractivity contribution in [3.05, 3.63) is 23.2 Å². The minimum atomic E-state index is -4.27. The molecule has 2 aliphatic heterocycles. The summed E-state index contributed by atoms with van der Waals surface area (Å²) in [4.78, 5) is 13.7. The van der Waals surface area contributed by atoms with Crippen LogP contribution in [-0.4, -0.2) is 46.5 Å². The van der Waals surface area contributed by atoms with E-state index in [4.69, 9.17) is 16.7 Å². The summed E-state index contributed by atoms with van der Waals surface area (Å²) in [5.74, 6) is -2.60. The Morgan fingerprint density at radius 3 is 2.54 bits per heavy atom. The van der Waals surface area contributed by atoms with Gasteiger partial charge in [-0.3, -0.25) is 0 Å². The molecular weight excluding hydrogens is 360 g/mol. The Bertz CT molecular complexity index is 632. The number of piperidine rings is 1. The van der Waals surface area contributed by atoms with Crippen molar-refractivity contribution in [3.63, 3.8) is 0 Å². The van der Waals surface area contributed by atoms with Crippen LogP contribution in [0.3, 0.4) is 0 Å². The van der Waals surface area contributed by atoms with E-state index in [-0.39, 0.29) is 5.75 Å². The van der Waals surface area contributed by atoms with E-state index in [2.05, 4.69) is 16.7 Å². The molecule has 0 aliphatic carbocycles. The van der Waals surface area contributed by atoms with E-state index in [1.807, 2.05) is 0 Å². The number of halogens is 3. The number of benzene rings is 1. The van der Waals surface area contributed by atoms with Gasteiger partial charge in [0.15, 0.2) is 0 Å². The number of carbonyl (C=O) groups is 1. The molecular formula is C16H18ClF2NO3S. The van der Waals surface area contributed by atoms with Gasteiger partial charge in [-0.15, -0.1) is 11.8 Å². The van der Waals surface area contributed by atoms with Crippen molar-refractivity contribution in [2.75, 3.05) is 7.05 Å². The van der Waals surface area contributed by atoms with Crippen molar-refractivity contribution in [1.29, 1.82) is 0 Å². The van der Waals surface area contributed by atoms with Crippen LogP contribution in [0, 0.1) is 0 Å². The zero-order valence-corrected chi connectivity index (χ0v) is 14.6. The Hall–Kier alpha value is -1.05. The second kappa shape index (κ2) is 6.69. The van der Waals surface area contributed by atoms with Crippen LogP contribution in [0.4, 0.5) is 8.78 Å². The third-order valence-electron chi connectivity index (χ3n) is 4.75. The molecule has 2 saturated heterocycles. The average molecular weight is 378 g/mol. The maximum atomic E-state index is 13.1. The zero-order valence-electron chi connectivity index (χ0n) is 13.0. The quantitative estimate of drug-likeness (QED) is 0.836. The number of thioether (sulfide) groups is 1. The minimum Gasteiger partial charge on any atom is -0.474 e. The molecule has 2 fully saturated rings. The molecule has 3 atom stereocenters. The van der Waals surface area contributed by atoms with Gasteiger partial charge in [0.2, 0.25) is 0 Å². The molecule has 2 heterocycles. The van der Waals surface area contributed by atoms with Gasteiger partial charge in [-0.25, -0.2) is 4.79 Å². The lowest BCUT2D eigenvalue weighted by atomic mass is 10.0. The highest BCUT2D eigenvalue weighted by molar-refractivity contribution is 8.00. The zero-order chi connectivity index (χ0) is 17.5. The molecule has 3 rings (SSSR count). The van der Waals surface area contributed by atoms with Gasteiger partial charge in [0, 0.05) is 28.3 Å². The number of ether oxygens (including phenoxy) is 1. The van der Waals surface area contributed by atoms with Crippen LogP contribution in [0.2, 0.25) is 5.02 Å². The first-order valence-corrected chi connectivity index (χ1v) is 9.00. The number of carboxylic acids is 1. The molecule has 1 aromatic rings. The number of hydrogen-bond acceptors (Lipinski definition) is 4. The van der Waals surface area contributed by atoms with Gasteiger partial charge in [0.05, 0.1) is 5.02 Å². The van der Waals surface area contributed by atoms with Crippen LogP contribution in [0.5, 0.6) is 5.75 Å². The van der Waals surface area contributed by atoms with Crippen LogP contribution in [0.15, 0.2) is 23.1 Å². The van der Waals surface area contributed by atoms with E-state index in [1.54, 1.807) is 17.8 Å². The number of carboxylic acid groups (broad SMARTS) is 1. The van der Waals surface area contributed by atoms with Gasteiger partial charge >= 0.3 is 12.1 Å². The molecule has 0 saturated carbocycles. The Kier molecular flexibility index (Phi) is 4.95. The number of fused-ring (bicyclic) bond motifs is 2. The van der Waals surface area contributed by atoms with Crippen molar-refractivity contribution in [1.82, 2.24) is 4.90 Å². The second-order valence-electron chi connectivity index (χ2n) is 6.28. The fraction of sp³-hybridized carbons (Fsp3) is 0.562. The highest BCUT2D eigenvalue weighted by atomic mass is 35.5. The van der Waals surface area contributed by atoms with Crippen molar-refractivity contribution < 1.29 is 23.4 Å². The molecule has 0 aromatic heterocycles. The molecule has 1 N–H and O–H groups in total.